The van der Waals surface area contributed by atoms with Crippen molar-refractivity contribution in [3.8, 4) is 11.5 Å². The second kappa shape index (κ2) is 13.2. The number of nitrogens with one attached hydrogen (secondary N) is 3. The van der Waals surface area contributed by atoms with Gasteiger partial charge in [-0.15, -0.1) is 0 Å². The van der Waals surface area contributed by atoms with Crippen LogP contribution in [0.25, 0.3) is 0 Å². The van der Waals surface area contributed by atoms with E-state index >= 15 is 0 Å². The molecule has 1 atom stereocenters. The highest BCUT2D eigenvalue weighted by molar-refractivity contribution is 5.94. The summed E-state index contributed by atoms with van der Waals surface area (Å²) in [6.45, 7) is 10.2. The number of phenols is 2. The molecule has 11 heteroatoms. The minimum atomic E-state index is -0.643. The number of hydrogen-bond acceptors (Lipinski definition) is 7. The van der Waals surface area contributed by atoms with Gasteiger partial charge in [-0.25, -0.2) is 10.2 Å². The summed E-state index contributed by atoms with van der Waals surface area (Å²) in [7, 11) is 0. The normalized spacial score (nSPS) is 20.5. The van der Waals surface area contributed by atoms with Crippen molar-refractivity contribution in [1.29, 1.82) is 0 Å². The molecule has 3 aliphatic heterocycles. The molecule has 3 fully saturated rings. The predicted octanol–water partition coefficient (Wildman–Crippen LogP) is 3.54. The van der Waals surface area contributed by atoms with E-state index in [9.17, 15) is 24.6 Å². The molecule has 0 radical (unpaired) electrons. The third-order valence-electron chi connectivity index (χ3n) is 9.01. The van der Waals surface area contributed by atoms with Crippen molar-refractivity contribution >= 4 is 23.5 Å². The molecule has 0 saturated carbocycles. The predicted molar refractivity (Wildman–Crippen MR) is 163 cm³/mol. The van der Waals surface area contributed by atoms with Gasteiger partial charge in [0.1, 0.15) is 17.7 Å². The zero-order valence-corrected chi connectivity index (χ0v) is 25.3. The van der Waals surface area contributed by atoms with Crippen LogP contribution in [0.5, 0.6) is 11.5 Å². The molecule has 0 aromatic heterocycles. The Labute approximate surface area is 253 Å². The van der Waals surface area contributed by atoms with Crippen molar-refractivity contribution in [2.45, 2.75) is 65.1 Å². The fourth-order valence-corrected chi connectivity index (χ4v) is 6.41. The lowest BCUT2D eigenvalue weighted by atomic mass is 9.92. The average molecular weight is 593 g/mol. The minimum Gasteiger partial charge on any atom is -0.508 e. The van der Waals surface area contributed by atoms with Crippen molar-refractivity contribution in [2.75, 3.05) is 37.6 Å². The van der Waals surface area contributed by atoms with Gasteiger partial charge in [0.15, 0.2) is 0 Å². The Morgan fingerprint density at radius 2 is 1.65 bits per heavy atom. The number of carbonyl (C=O) groups excluding carboxylic acids is 3. The van der Waals surface area contributed by atoms with Crippen molar-refractivity contribution in [1.82, 2.24) is 26.0 Å². The molecule has 2 aromatic carbocycles. The smallest absolute Gasteiger partial charge is 0.337 e. The highest BCUT2D eigenvalue weighted by Crippen LogP contribution is 2.38. The van der Waals surface area contributed by atoms with E-state index in [0.29, 0.717) is 29.3 Å². The summed E-state index contributed by atoms with van der Waals surface area (Å²) in [4.78, 5) is 43.1. The van der Waals surface area contributed by atoms with Crippen LogP contribution in [0.2, 0.25) is 0 Å². The van der Waals surface area contributed by atoms with Gasteiger partial charge >= 0.3 is 6.03 Å². The van der Waals surface area contributed by atoms with Gasteiger partial charge in [0.2, 0.25) is 11.8 Å². The van der Waals surface area contributed by atoms with E-state index in [1.807, 2.05) is 43.0 Å². The Kier molecular flexibility index (Phi) is 9.41. The number of likely N-dealkylation sites (tertiary alicyclic amines) is 2. The lowest BCUT2D eigenvalue weighted by Gasteiger charge is -2.37. The van der Waals surface area contributed by atoms with Crippen LogP contribution < -0.4 is 21.1 Å². The van der Waals surface area contributed by atoms with Crippen LogP contribution in [-0.4, -0.2) is 70.6 Å². The molecule has 5 rings (SSSR count). The van der Waals surface area contributed by atoms with Crippen molar-refractivity contribution < 1.29 is 24.6 Å². The largest absolute Gasteiger partial charge is 0.508 e. The Hall–Kier alpha value is -3.83. The van der Waals surface area contributed by atoms with Gasteiger partial charge < -0.3 is 20.4 Å². The maximum Gasteiger partial charge on any atom is 0.337 e. The highest BCUT2D eigenvalue weighted by atomic mass is 16.3. The van der Waals surface area contributed by atoms with Gasteiger partial charge in [-0.3, -0.25) is 24.8 Å². The molecular formula is C32H44N6O5. The van der Waals surface area contributed by atoms with Crippen LogP contribution in [-0.2, 0) is 16.1 Å². The number of nitrogens with zero attached hydrogens (tertiary/aromatic N) is 3. The van der Waals surface area contributed by atoms with Crippen molar-refractivity contribution in [3.63, 3.8) is 0 Å². The molecule has 0 aliphatic carbocycles. The van der Waals surface area contributed by atoms with Crippen molar-refractivity contribution in [2.24, 2.45) is 11.8 Å². The summed E-state index contributed by atoms with van der Waals surface area (Å²) in [5.74, 6) is 0.757. The number of phenolic OH excluding ortho intramolecular Hbond substituents is 2. The van der Waals surface area contributed by atoms with Crippen LogP contribution in [0.4, 0.5) is 10.5 Å². The first-order valence-corrected chi connectivity index (χ1v) is 15.4. The third-order valence-corrected chi connectivity index (χ3v) is 9.01. The number of hydrogen-bond donors (Lipinski definition) is 5. The van der Waals surface area contributed by atoms with E-state index in [1.165, 1.54) is 13.0 Å². The van der Waals surface area contributed by atoms with Gasteiger partial charge in [-0.05, 0) is 79.9 Å². The molecule has 3 heterocycles. The average Bonchev–Trinajstić information content (AvgIpc) is 3.37. The molecule has 4 amide bonds. The number of anilines is 1. The summed E-state index contributed by atoms with van der Waals surface area (Å²) in [6, 6.07) is 10.6. The topological polar surface area (TPSA) is 137 Å². The second-order valence-electron chi connectivity index (χ2n) is 12.4. The fourth-order valence-electron chi connectivity index (χ4n) is 6.41. The molecule has 232 valence electrons. The SMILES string of the molecule is CC(=O)NCC1CCN(C(=O)C2CCN(Cc3ccc(N4C(=O)NNC4c4cc(C(C)C)c(O)cc4O)cc3)CC2)CC1. The second-order valence-corrected chi connectivity index (χ2v) is 12.4. The molecule has 3 saturated heterocycles. The lowest BCUT2D eigenvalue weighted by molar-refractivity contribution is -0.138. The molecule has 5 N–H and O–H groups in total. The summed E-state index contributed by atoms with van der Waals surface area (Å²) in [6.07, 6.45) is 2.92. The van der Waals surface area contributed by atoms with Gasteiger partial charge in [0.05, 0.1) is 0 Å². The number of rotatable bonds is 8. The fraction of sp³-hybridized carbons (Fsp3) is 0.531. The van der Waals surface area contributed by atoms with Crippen LogP contribution in [0.1, 0.15) is 75.2 Å². The molecule has 2 aromatic rings. The molecule has 11 nitrogen and oxygen atoms in total. The first-order valence-electron chi connectivity index (χ1n) is 15.4. The van der Waals surface area contributed by atoms with E-state index in [0.717, 1.165) is 64.0 Å². The summed E-state index contributed by atoms with van der Waals surface area (Å²) in [5, 5.41) is 23.8. The summed E-state index contributed by atoms with van der Waals surface area (Å²) in [5.41, 5.74) is 8.59. The van der Waals surface area contributed by atoms with Crippen LogP contribution in [0.15, 0.2) is 36.4 Å². The Morgan fingerprint density at radius 3 is 2.28 bits per heavy atom. The first kappa shape index (κ1) is 30.6. The standard InChI is InChI=1S/C32H44N6O5/c1-20(2)26-16-27(29(41)17-28(26)40)30-34-35-32(43)38(30)25-6-4-23(5-7-25)19-36-12-10-24(11-13-36)31(42)37-14-8-22(9-15-37)18-33-21(3)39/h4-7,16-17,20,22,24,30,34,40-41H,8-15,18-19H2,1-3H3,(H,33,39)(H,35,43). The van der Waals surface area contributed by atoms with E-state index in [1.54, 1.807) is 11.0 Å². The Bertz CT molecular complexity index is 1320. The molecule has 0 bridgehead atoms. The van der Waals surface area contributed by atoms with E-state index in [4.69, 9.17) is 0 Å². The maximum absolute atomic E-state index is 13.2. The molecular weight excluding hydrogens is 548 g/mol. The third kappa shape index (κ3) is 7.05. The summed E-state index contributed by atoms with van der Waals surface area (Å²) < 4.78 is 0. The number of aromatic hydroxyl groups is 2. The molecule has 0 spiro atoms. The monoisotopic (exact) mass is 592 g/mol. The zero-order chi connectivity index (χ0) is 30.7. The summed E-state index contributed by atoms with van der Waals surface area (Å²) >= 11 is 0. The number of benzene rings is 2. The van der Waals surface area contributed by atoms with Gasteiger partial charge in [0.25, 0.3) is 0 Å². The maximum atomic E-state index is 13.2. The number of urea groups is 1. The van der Waals surface area contributed by atoms with E-state index in [2.05, 4.69) is 21.1 Å². The van der Waals surface area contributed by atoms with E-state index < -0.39 is 6.17 Å². The minimum absolute atomic E-state index is 0.00178. The van der Waals surface area contributed by atoms with Crippen LogP contribution in [0.3, 0.4) is 0 Å². The molecule has 43 heavy (non-hydrogen) atoms. The lowest BCUT2D eigenvalue weighted by Crippen LogP contribution is -2.46. The first-order chi connectivity index (χ1) is 20.6. The number of amides is 4. The molecule has 1 unspecified atom stereocenters. The Balaban J connectivity index is 1.14. The van der Waals surface area contributed by atoms with Crippen LogP contribution in [0, 0.1) is 11.8 Å². The zero-order valence-electron chi connectivity index (χ0n) is 25.3. The number of piperidine rings is 2. The quantitative estimate of drug-likeness (QED) is 0.316. The number of carbonyl (C=O) groups is 3. The van der Waals surface area contributed by atoms with Gasteiger partial charge in [-0.1, -0.05) is 26.0 Å². The van der Waals surface area contributed by atoms with Crippen molar-refractivity contribution in [3.05, 3.63) is 53.1 Å². The highest BCUT2D eigenvalue weighted by Gasteiger charge is 2.35. The van der Waals surface area contributed by atoms with E-state index in [-0.39, 0.29) is 41.2 Å². The molecule has 3 aliphatic rings. The van der Waals surface area contributed by atoms with Crippen LogP contribution >= 0.6 is 0 Å². The van der Waals surface area contributed by atoms with Gasteiger partial charge in [0, 0.05) is 56.3 Å². The van der Waals surface area contributed by atoms with Gasteiger partial charge in [-0.2, -0.15) is 0 Å². The number of hydrazine groups is 1. The Morgan fingerprint density at radius 1 is 0.977 bits per heavy atom.